The lowest BCUT2D eigenvalue weighted by molar-refractivity contribution is 0.0833. The van der Waals surface area contributed by atoms with Crippen LogP contribution in [0.5, 0.6) is 0 Å². The first kappa shape index (κ1) is 15.1. The van der Waals surface area contributed by atoms with Crippen molar-refractivity contribution in [2.75, 3.05) is 0 Å². The maximum atomic E-state index is 2.49. The molecule has 1 rings (SSSR count). The molecule has 1 saturated carbocycles. The minimum atomic E-state index is 0.508. The van der Waals surface area contributed by atoms with Crippen molar-refractivity contribution in [1.29, 1.82) is 0 Å². The summed E-state index contributed by atoms with van der Waals surface area (Å²) in [5.41, 5.74) is 1.03. The Morgan fingerprint density at radius 2 is 1.53 bits per heavy atom. The van der Waals surface area contributed by atoms with Crippen molar-refractivity contribution < 1.29 is 0 Å². The lowest BCUT2D eigenvalue weighted by Gasteiger charge is -2.42. The van der Waals surface area contributed by atoms with Crippen molar-refractivity contribution in [3.05, 3.63) is 0 Å². The van der Waals surface area contributed by atoms with Gasteiger partial charge in [-0.25, -0.2) is 0 Å². The van der Waals surface area contributed by atoms with Gasteiger partial charge < -0.3 is 0 Å². The summed E-state index contributed by atoms with van der Waals surface area (Å²) in [6.45, 7) is 16.9. The van der Waals surface area contributed by atoms with Crippen LogP contribution >= 0.6 is 0 Å². The van der Waals surface area contributed by atoms with Crippen LogP contribution in [0, 0.1) is 28.6 Å². The third-order valence-electron chi connectivity index (χ3n) is 4.69. The van der Waals surface area contributed by atoms with Gasteiger partial charge in [-0.3, -0.25) is 0 Å². The monoisotopic (exact) mass is 238 g/mol. The summed E-state index contributed by atoms with van der Waals surface area (Å²) < 4.78 is 0. The predicted molar refractivity (Wildman–Crippen MR) is 78.1 cm³/mol. The maximum Gasteiger partial charge on any atom is -0.0339 e. The molecule has 1 aliphatic carbocycles. The molecule has 0 aromatic rings. The van der Waals surface area contributed by atoms with Crippen molar-refractivity contribution >= 4 is 0 Å². The van der Waals surface area contributed by atoms with E-state index in [2.05, 4.69) is 48.5 Å². The smallest absolute Gasteiger partial charge is 0.0339 e. The highest BCUT2D eigenvalue weighted by Crippen LogP contribution is 2.45. The SMILES string of the molecule is CC1CC(CCC(C)(C)C)CCC1C(C)(C)C. The molecule has 1 fully saturated rings. The van der Waals surface area contributed by atoms with Crippen LogP contribution in [0.1, 0.15) is 80.6 Å². The van der Waals surface area contributed by atoms with Gasteiger partial charge in [0.2, 0.25) is 0 Å². The molecule has 3 atom stereocenters. The summed E-state index contributed by atoms with van der Waals surface area (Å²) in [6.07, 6.45) is 7.25. The molecule has 0 heterocycles. The summed E-state index contributed by atoms with van der Waals surface area (Å²) in [5.74, 6) is 2.87. The minimum Gasteiger partial charge on any atom is -0.0622 e. The fourth-order valence-corrected chi connectivity index (χ4v) is 3.69. The fraction of sp³-hybridized carbons (Fsp3) is 1.00. The van der Waals surface area contributed by atoms with Crippen LogP contribution in [0.3, 0.4) is 0 Å². The third-order valence-corrected chi connectivity index (χ3v) is 4.69. The second-order valence-electron chi connectivity index (χ2n) is 8.73. The van der Waals surface area contributed by atoms with Crippen molar-refractivity contribution in [1.82, 2.24) is 0 Å². The summed E-state index contributed by atoms with van der Waals surface area (Å²) in [5, 5.41) is 0. The first-order chi connectivity index (χ1) is 7.59. The molecule has 0 saturated heterocycles. The van der Waals surface area contributed by atoms with Gasteiger partial charge in [0.05, 0.1) is 0 Å². The molecule has 17 heavy (non-hydrogen) atoms. The Morgan fingerprint density at radius 1 is 0.941 bits per heavy atom. The molecule has 0 aromatic heterocycles. The second kappa shape index (κ2) is 5.33. The van der Waals surface area contributed by atoms with Gasteiger partial charge in [0.25, 0.3) is 0 Å². The number of rotatable bonds is 2. The van der Waals surface area contributed by atoms with E-state index in [-0.39, 0.29) is 0 Å². The van der Waals surface area contributed by atoms with Gasteiger partial charge in [0.15, 0.2) is 0 Å². The molecule has 0 nitrogen and oxygen atoms in total. The largest absolute Gasteiger partial charge is 0.0622 e. The predicted octanol–water partition coefficient (Wildman–Crippen LogP) is 5.91. The quantitative estimate of drug-likeness (QED) is 0.561. The van der Waals surface area contributed by atoms with Gasteiger partial charge in [-0.2, -0.15) is 0 Å². The topological polar surface area (TPSA) is 0 Å². The lowest BCUT2D eigenvalue weighted by atomic mass is 9.63. The average molecular weight is 238 g/mol. The molecule has 0 spiro atoms. The highest BCUT2D eigenvalue weighted by molar-refractivity contribution is 4.85. The summed E-state index contributed by atoms with van der Waals surface area (Å²) in [6, 6.07) is 0. The number of hydrogen-bond donors (Lipinski definition) is 0. The van der Waals surface area contributed by atoms with Gasteiger partial charge in [0, 0.05) is 0 Å². The van der Waals surface area contributed by atoms with E-state index >= 15 is 0 Å². The van der Waals surface area contributed by atoms with Crippen LogP contribution in [0.25, 0.3) is 0 Å². The first-order valence-corrected chi connectivity index (χ1v) is 7.59. The van der Waals surface area contributed by atoms with E-state index in [4.69, 9.17) is 0 Å². The van der Waals surface area contributed by atoms with Crippen molar-refractivity contribution in [3.8, 4) is 0 Å². The van der Waals surface area contributed by atoms with Gasteiger partial charge in [-0.1, -0.05) is 54.9 Å². The van der Waals surface area contributed by atoms with Crippen molar-refractivity contribution in [2.45, 2.75) is 80.6 Å². The van der Waals surface area contributed by atoms with Crippen LogP contribution in [-0.2, 0) is 0 Å². The van der Waals surface area contributed by atoms with Crippen LogP contribution in [0.15, 0.2) is 0 Å². The third kappa shape index (κ3) is 5.02. The Hall–Kier alpha value is 0. The fourth-order valence-electron chi connectivity index (χ4n) is 3.69. The van der Waals surface area contributed by atoms with E-state index in [9.17, 15) is 0 Å². The van der Waals surface area contributed by atoms with Gasteiger partial charge >= 0.3 is 0 Å². The van der Waals surface area contributed by atoms with E-state index in [1.54, 1.807) is 0 Å². The molecule has 1 aliphatic rings. The Kier molecular flexibility index (Phi) is 4.72. The van der Waals surface area contributed by atoms with Crippen LogP contribution in [-0.4, -0.2) is 0 Å². The molecule has 0 radical (unpaired) electrons. The standard InChI is InChI=1S/C17H34/c1-13-12-14(10-11-16(2,3)4)8-9-15(13)17(5,6)7/h13-15H,8-12H2,1-7H3. The van der Waals surface area contributed by atoms with Crippen molar-refractivity contribution in [2.24, 2.45) is 28.6 Å². The molecule has 0 aromatic carbocycles. The van der Waals surface area contributed by atoms with E-state index < -0.39 is 0 Å². The van der Waals surface area contributed by atoms with Gasteiger partial charge in [-0.15, -0.1) is 0 Å². The number of hydrogen-bond acceptors (Lipinski definition) is 0. The van der Waals surface area contributed by atoms with E-state index in [0.29, 0.717) is 10.8 Å². The van der Waals surface area contributed by atoms with Gasteiger partial charge in [0.1, 0.15) is 0 Å². The second-order valence-corrected chi connectivity index (χ2v) is 8.73. The van der Waals surface area contributed by atoms with E-state index in [1.165, 1.54) is 32.1 Å². The summed E-state index contributed by atoms with van der Waals surface area (Å²) >= 11 is 0. The molecule has 0 aliphatic heterocycles. The Balaban J connectivity index is 2.42. The van der Waals surface area contributed by atoms with E-state index in [1.807, 2.05) is 0 Å². The maximum absolute atomic E-state index is 2.49. The Bertz CT molecular complexity index is 225. The lowest BCUT2D eigenvalue weighted by Crippen LogP contribution is -2.32. The molecule has 3 unspecified atom stereocenters. The molecular formula is C17H34. The van der Waals surface area contributed by atoms with Gasteiger partial charge in [-0.05, 0) is 54.3 Å². The highest BCUT2D eigenvalue weighted by Gasteiger charge is 2.34. The zero-order chi connectivity index (χ0) is 13.3. The Morgan fingerprint density at radius 3 is 1.94 bits per heavy atom. The Labute approximate surface area is 110 Å². The zero-order valence-corrected chi connectivity index (χ0v) is 13.3. The highest BCUT2D eigenvalue weighted by atomic mass is 14.4. The van der Waals surface area contributed by atoms with Crippen molar-refractivity contribution in [3.63, 3.8) is 0 Å². The average Bonchev–Trinajstić information content (AvgIpc) is 2.11. The minimum absolute atomic E-state index is 0.508. The molecule has 0 heteroatoms. The first-order valence-electron chi connectivity index (χ1n) is 7.59. The zero-order valence-electron chi connectivity index (χ0n) is 13.3. The molecular weight excluding hydrogens is 204 g/mol. The summed E-state index contributed by atoms with van der Waals surface area (Å²) in [7, 11) is 0. The van der Waals surface area contributed by atoms with Crippen LogP contribution in [0.4, 0.5) is 0 Å². The molecule has 0 N–H and O–H groups in total. The summed E-state index contributed by atoms with van der Waals surface area (Å²) in [4.78, 5) is 0. The van der Waals surface area contributed by atoms with Crippen LogP contribution < -0.4 is 0 Å². The normalized spacial score (nSPS) is 31.6. The van der Waals surface area contributed by atoms with Crippen LogP contribution in [0.2, 0.25) is 0 Å². The molecule has 102 valence electrons. The van der Waals surface area contributed by atoms with E-state index in [0.717, 1.165) is 17.8 Å². The molecule has 0 bridgehead atoms. The molecule has 0 amide bonds.